The number of unbranched alkanes of at least 4 members (excludes halogenated alkanes) is 3. The van der Waals surface area contributed by atoms with Gasteiger partial charge in [-0.2, -0.15) is 4.31 Å². The maximum absolute atomic E-state index is 12.6. The lowest BCUT2D eigenvalue weighted by atomic mass is 10.2. The van der Waals surface area contributed by atoms with Crippen LogP contribution in [0.4, 0.5) is 5.69 Å². The summed E-state index contributed by atoms with van der Waals surface area (Å²) in [5, 5.41) is 9.12. The molecule has 0 aromatic heterocycles. The van der Waals surface area contributed by atoms with E-state index in [1.807, 2.05) is 6.92 Å². The van der Waals surface area contributed by atoms with Crippen LogP contribution in [0.2, 0.25) is 0 Å². The lowest BCUT2D eigenvalue weighted by Gasteiger charge is -2.21. The van der Waals surface area contributed by atoms with E-state index >= 15 is 0 Å². The van der Waals surface area contributed by atoms with Gasteiger partial charge >= 0.3 is 0 Å². The first-order valence-electron chi connectivity index (χ1n) is 7.40. The summed E-state index contributed by atoms with van der Waals surface area (Å²) in [7, 11) is -3.60. The molecule has 0 unspecified atom stereocenters. The number of benzene rings is 1. The van der Waals surface area contributed by atoms with Gasteiger partial charge in [0.1, 0.15) is 0 Å². The smallest absolute Gasteiger partial charge is 0.243 e. The van der Waals surface area contributed by atoms with Gasteiger partial charge in [-0.3, -0.25) is 0 Å². The number of rotatable bonds is 9. The molecule has 0 aliphatic rings. The molecule has 0 heterocycles. The number of nitrogens with zero attached hydrogens (tertiary/aromatic N) is 1. The monoisotopic (exact) mass is 314 g/mol. The van der Waals surface area contributed by atoms with E-state index in [0.717, 1.165) is 31.2 Å². The average Bonchev–Trinajstić information content (AvgIpc) is 2.45. The minimum Gasteiger partial charge on any atom is -0.398 e. The first-order valence-corrected chi connectivity index (χ1v) is 8.84. The molecule has 0 amide bonds. The highest BCUT2D eigenvalue weighted by atomic mass is 32.2. The molecule has 5 nitrogen and oxygen atoms in total. The third kappa shape index (κ3) is 4.98. The SMILES string of the molecule is CCCCCCN(CCO)S(=O)(=O)c1ccc(C)c(N)c1. The van der Waals surface area contributed by atoms with Crippen LogP contribution in [-0.4, -0.2) is 37.5 Å². The van der Waals surface area contributed by atoms with Gasteiger partial charge in [-0.1, -0.05) is 32.3 Å². The number of aryl methyl sites for hydroxylation is 1. The molecule has 0 spiro atoms. The van der Waals surface area contributed by atoms with Crippen LogP contribution in [-0.2, 0) is 10.0 Å². The van der Waals surface area contributed by atoms with Crippen LogP contribution in [0, 0.1) is 6.92 Å². The van der Waals surface area contributed by atoms with Crippen LogP contribution in [0.5, 0.6) is 0 Å². The minimum atomic E-state index is -3.60. The maximum Gasteiger partial charge on any atom is 0.243 e. The first kappa shape index (κ1) is 17.9. The number of sulfonamides is 1. The van der Waals surface area contributed by atoms with Crippen LogP contribution in [0.15, 0.2) is 23.1 Å². The molecule has 0 aliphatic heterocycles. The Bertz CT molecular complexity index is 544. The molecule has 0 bridgehead atoms. The van der Waals surface area contributed by atoms with Gasteiger partial charge in [-0.15, -0.1) is 0 Å². The summed E-state index contributed by atoms with van der Waals surface area (Å²) in [5.41, 5.74) is 7.12. The molecule has 0 aliphatic carbocycles. The van der Waals surface area contributed by atoms with Gasteiger partial charge in [0.15, 0.2) is 0 Å². The van der Waals surface area contributed by atoms with E-state index in [0.29, 0.717) is 12.2 Å². The van der Waals surface area contributed by atoms with Gasteiger partial charge in [0.25, 0.3) is 0 Å². The highest BCUT2D eigenvalue weighted by Crippen LogP contribution is 2.21. The van der Waals surface area contributed by atoms with E-state index in [4.69, 9.17) is 10.8 Å². The van der Waals surface area contributed by atoms with E-state index in [1.165, 1.54) is 10.4 Å². The zero-order valence-electron chi connectivity index (χ0n) is 12.9. The van der Waals surface area contributed by atoms with Crippen molar-refractivity contribution in [2.45, 2.75) is 44.4 Å². The molecule has 120 valence electrons. The second-order valence-electron chi connectivity index (χ2n) is 5.21. The summed E-state index contributed by atoms with van der Waals surface area (Å²) < 4.78 is 26.6. The molecular formula is C15H26N2O3S. The van der Waals surface area contributed by atoms with Crippen LogP contribution >= 0.6 is 0 Å². The lowest BCUT2D eigenvalue weighted by molar-refractivity contribution is 0.251. The van der Waals surface area contributed by atoms with E-state index < -0.39 is 10.0 Å². The number of anilines is 1. The Hall–Kier alpha value is -1.11. The Morgan fingerprint density at radius 1 is 1.19 bits per heavy atom. The summed E-state index contributed by atoms with van der Waals surface area (Å²) in [4.78, 5) is 0.189. The van der Waals surface area contributed by atoms with Crippen LogP contribution in [0.25, 0.3) is 0 Å². The lowest BCUT2D eigenvalue weighted by Crippen LogP contribution is -2.34. The molecule has 21 heavy (non-hydrogen) atoms. The zero-order valence-corrected chi connectivity index (χ0v) is 13.7. The Kier molecular flexibility index (Phi) is 7.14. The molecule has 0 saturated carbocycles. The van der Waals surface area contributed by atoms with E-state index in [-0.39, 0.29) is 18.0 Å². The standard InChI is InChI=1S/C15H26N2O3S/c1-3-4-5-6-9-17(10-11-18)21(19,20)14-8-7-13(2)15(16)12-14/h7-8,12,18H,3-6,9-11,16H2,1-2H3. The summed E-state index contributed by atoms with van der Waals surface area (Å²) in [6.45, 7) is 4.30. The second kappa shape index (κ2) is 8.36. The van der Waals surface area contributed by atoms with Crippen molar-refractivity contribution in [3.05, 3.63) is 23.8 Å². The van der Waals surface area contributed by atoms with Crippen LogP contribution < -0.4 is 5.73 Å². The molecule has 6 heteroatoms. The van der Waals surface area contributed by atoms with Crippen molar-refractivity contribution in [2.75, 3.05) is 25.4 Å². The summed E-state index contributed by atoms with van der Waals surface area (Å²) in [6.07, 6.45) is 3.98. The van der Waals surface area contributed by atoms with Crippen molar-refractivity contribution in [2.24, 2.45) is 0 Å². The molecule has 1 aromatic carbocycles. The fraction of sp³-hybridized carbons (Fsp3) is 0.600. The van der Waals surface area contributed by atoms with Crippen LogP contribution in [0.1, 0.15) is 38.2 Å². The number of hydrogen-bond donors (Lipinski definition) is 2. The predicted molar refractivity (Wildman–Crippen MR) is 85.6 cm³/mol. The van der Waals surface area contributed by atoms with Crippen molar-refractivity contribution >= 4 is 15.7 Å². The van der Waals surface area contributed by atoms with Crippen molar-refractivity contribution in [1.82, 2.24) is 4.31 Å². The summed E-state index contributed by atoms with van der Waals surface area (Å²) >= 11 is 0. The highest BCUT2D eigenvalue weighted by Gasteiger charge is 2.23. The van der Waals surface area contributed by atoms with Gasteiger partial charge in [0, 0.05) is 18.8 Å². The first-order chi connectivity index (χ1) is 9.93. The normalized spacial score (nSPS) is 12.0. The summed E-state index contributed by atoms with van der Waals surface area (Å²) in [5.74, 6) is 0. The van der Waals surface area contributed by atoms with Crippen LogP contribution in [0.3, 0.4) is 0 Å². The Balaban J connectivity index is 2.90. The average molecular weight is 314 g/mol. The Morgan fingerprint density at radius 3 is 2.48 bits per heavy atom. The third-order valence-corrected chi connectivity index (χ3v) is 5.39. The van der Waals surface area contributed by atoms with Crippen molar-refractivity contribution in [3.63, 3.8) is 0 Å². The topological polar surface area (TPSA) is 83.6 Å². The molecule has 1 rings (SSSR count). The second-order valence-corrected chi connectivity index (χ2v) is 7.14. The minimum absolute atomic E-state index is 0.113. The van der Waals surface area contributed by atoms with Gasteiger partial charge in [0.2, 0.25) is 10.0 Å². The van der Waals surface area contributed by atoms with E-state index in [2.05, 4.69) is 6.92 Å². The zero-order chi connectivity index (χ0) is 15.9. The Morgan fingerprint density at radius 2 is 1.90 bits per heavy atom. The maximum atomic E-state index is 12.6. The van der Waals surface area contributed by atoms with Gasteiger partial charge in [-0.25, -0.2) is 8.42 Å². The van der Waals surface area contributed by atoms with E-state index in [9.17, 15) is 8.42 Å². The van der Waals surface area contributed by atoms with Gasteiger partial charge in [0.05, 0.1) is 11.5 Å². The highest BCUT2D eigenvalue weighted by molar-refractivity contribution is 7.89. The predicted octanol–water partition coefficient (Wildman–Crippen LogP) is 2.14. The largest absolute Gasteiger partial charge is 0.398 e. The molecular weight excluding hydrogens is 288 g/mol. The summed E-state index contributed by atoms with van der Waals surface area (Å²) in [6, 6.07) is 4.76. The van der Waals surface area contributed by atoms with Gasteiger partial charge < -0.3 is 10.8 Å². The number of aliphatic hydroxyl groups is 1. The third-order valence-electron chi connectivity index (χ3n) is 3.50. The number of nitrogen functional groups attached to an aromatic ring is 1. The Labute approximate surface area is 127 Å². The van der Waals surface area contributed by atoms with Crippen molar-refractivity contribution < 1.29 is 13.5 Å². The van der Waals surface area contributed by atoms with E-state index in [1.54, 1.807) is 12.1 Å². The molecule has 1 aromatic rings. The van der Waals surface area contributed by atoms with Gasteiger partial charge in [-0.05, 0) is 31.0 Å². The fourth-order valence-electron chi connectivity index (χ4n) is 2.11. The molecule has 0 fully saturated rings. The molecule has 0 radical (unpaired) electrons. The van der Waals surface area contributed by atoms with Crippen molar-refractivity contribution in [1.29, 1.82) is 0 Å². The quantitative estimate of drug-likeness (QED) is 0.540. The molecule has 0 atom stereocenters. The number of aliphatic hydroxyl groups excluding tert-OH is 1. The fourth-order valence-corrected chi connectivity index (χ4v) is 3.61. The number of hydrogen-bond acceptors (Lipinski definition) is 4. The molecule has 0 saturated heterocycles. The molecule has 3 N–H and O–H groups in total. The van der Waals surface area contributed by atoms with Crippen molar-refractivity contribution in [3.8, 4) is 0 Å². The number of nitrogens with two attached hydrogens (primary N) is 1.